The molecule has 0 spiro atoms. The number of benzene rings is 1. The summed E-state index contributed by atoms with van der Waals surface area (Å²) in [5.41, 5.74) is -0.334. The van der Waals surface area contributed by atoms with Crippen molar-refractivity contribution in [3.05, 3.63) is 34.3 Å². The first-order valence-corrected chi connectivity index (χ1v) is 8.93. The molecule has 1 aliphatic rings. The van der Waals surface area contributed by atoms with Gasteiger partial charge in [0.2, 0.25) is 5.89 Å². The van der Waals surface area contributed by atoms with E-state index in [4.69, 9.17) is 4.42 Å². The van der Waals surface area contributed by atoms with Crippen LogP contribution in [0.4, 0.5) is 18.9 Å². The molecule has 0 amide bonds. The Balaban J connectivity index is 1.85. The summed E-state index contributed by atoms with van der Waals surface area (Å²) in [5, 5.41) is 9.08. The average molecular weight is 384 g/mol. The summed E-state index contributed by atoms with van der Waals surface area (Å²) in [6.07, 6.45) is -0.464. The summed E-state index contributed by atoms with van der Waals surface area (Å²) < 4.78 is 45.4. The molecule has 0 bridgehead atoms. The highest BCUT2D eigenvalue weighted by Gasteiger charge is 2.35. The van der Waals surface area contributed by atoms with Gasteiger partial charge in [0.25, 0.3) is 0 Å². The van der Waals surface area contributed by atoms with Crippen LogP contribution in [-0.4, -0.2) is 36.9 Å². The molecule has 148 valence electrons. The van der Waals surface area contributed by atoms with Crippen LogP contribution in [0.15, 0.2) is 27.4 Å². The second-order valence-electron chi connectivity index (χ2n) is 7.03. The molecule has 0 unspecified atom stereocenters. The van der Waals surface area contributed by atoms with Gasteiger partial charge in [-0.1, -0.05) is 0 Å². The van der Waals surface area contributed by atoms with Gasteiger partial charge in [0.15, 0.2) is 0 Å². The SMILES string of the molecule is CN[C@H]1CC[C@H](CN(C)c2cc(-c3n[nH]c(=O)o3)ccc2C(F)(F)F)CC1. The fourth-order valence-electron chi connectivity index (χ4n) is 3.69. The first kappa shape index (κ1) is 19.5. The fourth-order valence-corrected chi connectivity index (χ4v) is 3.69. The first-order valence-electron chi connectivity index (χ1n) is 8.93. The summed E-state index contributed by atoms with van der Waals surface area (Å²) in [6, 6.07) is 4.13. The molecule has 2 N–H and O–H groups in total. The van der Waals surface area contributed by atoms with Crippen molar-refractivity contribution in [1.29, 1.82) is 0 Å². The first-order chi connectivity index (χ1) is 12.8. The summed E-state index contributed by atoms with van der Waals surface area (Å²) in [5.74, 6) is -0.438. The number of halogens is 3. The molecule has 1 aromatic carbocycles. The molecule has 2 aromatic rings. The lowest BCUT2D eigenvalue weighted by Gasteiger charge is -2.33. The molecule has 0 radical (unpaired) electrons. The molecule has 6 nitrogen and oxygen atoms in total. The number of nitrogens with one attached hydrogen (secondary N) is 2. The number of hydrogen-bond donors (Lipinski definition) is 2. The lowest BCUT2D eigenvalue weighted by molar-refractivity contribution is -0.137. The van der Waals surface area contributed by atoms with Crippen LogP contribution >= 0.6 is 0 Å². The molecule has 27 heavy (non-hydrogen) atoms. The lowest BCUT2D eigenvalue weighted by atomic mass is 9.85. The van der Waals surface area contributed by atoms with Crippen LogP contribution in [0.1, 0.15) is 31.2 Å². The summed E-state index contributed by atoms with van der Waals surface area (Å²) in [6.45, 7) is 0.535. The van der Waals surface area contributed by atoms with Gasteiger partial charge in [-0.2, -0.15) is 13.2 Å². The van der Waals surface area contributed by atoms with Gasteiger partial charge in [-0.15, -0.1) is 5.10 Å². The van der Waals surface area contributed by atoms with Crippen molar-refractivity contribution < 1.29 is 17.6 Å². The topological polar surface area (TPSA) is 74.2 Å². The second-order valence-corrected chi connectivity index (χ2v) is 7.03. The van der Waals surface area contributed by atoms with E-state index in [0.717, 1.165) is 31.7 Å². The van der Waals surface area contributed by atoms with Crippen LogP contribution in [0.3, 0.4) is 0 Å². The number of aromatic amines is 1. The summed E-state index contributed by atoms with van der Waals surface area (Å²) in [4.78, 5) is 12.8. The Labute approximate surface area is 154 Å². The van der Waals surface area contributed by atoms with Crippen molar-refractivity contribution >= 4 is 5.69 Å². The van der Waals surface area contributed by atoms with Gasteiger partial charge in [-0.3, -0.25) is 0 Å². The predicted molar refractivity (Wildman–Crippen MR) is 95.6 cm³/mol. The van der Waals surface area contributed by atoms with Crippen molar-refractivity contribution in [2.24, 2.45) is 5.92 Å². The van der Waals surface area contributed by atoms with E-state index in [1.165, 1.54) is 12.1 Å². The highest BCUT2D eigenvalue weighted by molar-refractivity contribution is 5.66. The van der Waals surface area contributed by atoms with Crippen molar-refractivity contribution in [2.45, 2.75) is 37.9 Å². The smallest absolute Gasteiger partial charge is 0.388 e. The third-order valence-electron chi connectivity index (χ3n) is 5.19. The van der Waals surface area contributed by atoms with Crippen molar-refractivity contribution in [1.82, 2.24) is 15.5 Å². The van der Waals surface area contributed by atoms with E-state index < -0.39 is 17.5 Å². The van der Waals surface area contributed by atoms with Gasteiger partial charge in [-0.25, -0.2) is 9.89 Å². The standard InChI is InChI=1S/C18H23F3N4O2/c1-22-13-6-3-11(4-7-13)10-25(2)15-9-12(16-23-24-17(26)27-16)5-8-14(15)18(19,20)21/h5,8-9,11,13,22H,3-4,6-7,10H2,1-2H3,(H,24,26)/t11-,13-. The van der Waals surface area contributed by atoms with Gasteiger partial charge in [-0.05, 0) is 56.8 Å². The molecular weight excluding hydrogens is 361 g/mol. The normalized spacial score (nSPS) is 20.6. The van der Waals surface area contributed by atoms with Crippen LogP contribution in [0, 0.1) is 5.92 Å². The Bertz CT molecular complexity index is 822. The molecule has 1 fully saturated rings. The average Bonchev–Trinajstić information content (AvgIpc) is 3.07. The summed E-state index contributed by atoms with van der Waals surface area (Å²) in [7, 11) is 3.60. The zero-order valence-electron chi connectivity index (χ0n) is 15.3. The predicted octanol–water partition coefficient (Wildman–Crippen LogP) is 3.26. The monoisotopic (exact) mass is 384 g/mol. The van der Waals surface area contributed by atoms with Gasteiger partial charge >= 0.3 is 11.9 Å². The third kappa shape index (κ3) is 4.52. The van der Waals surface area contributed by atoms with E-state index in [-0.39, 0.29) is 11.6 Å². The number of aromatic nitrogens is 2. The molecule has 3 rings (SSSR count). The zero-order chi connectivity index (χ0) is 19.6. The second kappa shape index (κ2) is 7.75. The third-order valence-corrected chi connectivity index (χ3v) is 5.19. The number of anilines is 1. The summed E-state index contributed by atoms with van der Waals surface area (Å²) >= 11 is 0. The molecule has 1 heterocycles. The Kier molecular flexibility index (Phi) is 5.59. The highest BCUT2D eigenvalue weighted by Crippen LogP contribution is 2.39. The molecule has 1 aromatic heterocycles. The van der Waals surface area contributed by atoms with E-state index >= 15 is 0 Å². The number of hydrogen-bond acceptors (Lipinski definition) is 5. The van der Waals surface area contributed by atoms with Crippen LogP contribution < -0.4 is 16.0 Å². The molecule has 9 heteroatoms. The Morgan fingerprint density at radius 1 is 1.30 bits per heavy atom. The van der Waals surface area contributed by atoms with E-state index in [9.17, 15) is 18.0 Å². The maximum Gasteiger partial charge on any atom is 0.434 e. The quantitative estimate of drug-likeness (QED) is 0.828. The van der Waals surface area contributed by atoms with Gasteiger partial charge in [0.05, 0.1) is 5.56 Å². The maximum absolute atomic E-state index is 13.5. The van der Waals surface area contributed by atoms with Crippen molar-refractivity contribution in [3.8, 4) is 11.5 Å². The van der Waals surface area contributed by atoms with Gasteiger partial charge < -0.3 is 14.6 Å². The number of H-pyrrole nitrogens is 1. The van der Waals surface area contributed by atoms with E-state index in [2.05, 4.69) is 15.5 Å². The number of rotatable bonds is 5. The molecule has 0 aliphatic heterocycles. The number of alkyl halides is 3. The van der Waals surface area contributed by atoms with Crippen LogP contribution in [-0.2, 0) is 6.18 Å². The van der Waals surface area contributed by atoms with Crippen LogP contribution in [0.25, 0.3) is 11.5 Å². The molecule has 0 atom stereocenters. The van der Waals surface area contributed by atoms with Gasteiger partial charge in [0.1, 0.15) is 0 Å². The lowest BCUT2D eigenvalue weighted by Crippen LogP contribution is -2.35. The minimum absolute atomic E-state index is 0.0297. The Hall–Kier alpha value is -2.29. The Morgan fingerprint density at radius 2 is 2.00 bits per heavy atom. The number of nitrogens with zero attached hydrogens (tertiary/aromatic N) is 2. The highest BCUT2D eigenvalue weighted by atomic mass is 19.4. The van der Waals surface area contributed by atoms with E-state index in [1.54, 1.807) is 11.9 Å². The van der Waals surface area contributed by atoms with E-state index in [1.807, 2.05) is 7.05 Å². The fraction of sp³-hybridized carbons (Fsp3) is 0.556. The largest absolute Gasteiger partial charge is 0.434 e. The van der Waals surface area contributed by atoms with Gasteiger partial charge in [0, 0.05) is 30.9 Å². The molecule has 1 aliphatic carbocycles. The van der Waals surface area contributed by atoms with Crippen LogP contribution in [0.2, 0.25) is 0 Å². The molecule has 0 saturated heterocycles. The minimum atomic E-state index is -4.47. The molecule has 1 saturated carbocycles. The minimum Gasteiger partial charge on any atom is -0.388 e. The zero-order valence-corrected chi connectivity index (χ0v) is 15.3. The molecular formula is C18H23F3N4O2. The van der Waals surface area contributed by atoms with E-state index in [0.29, 0.717) is 24.1 Å². The van der Waals surface area contributed by atoms with Crippen molar-refractivity contribution in [2.75, 3.05) is 25.5 Å². The van der Waals surface area contributed by atoms with Crippen molar-refractivity contribution in [3.63, 3.8) is 0 Å². The maximum atomic E-state index is 13.5. The Morgan fingerprint density at radius 3 is 2.56 bits per heavy atom. The van der Waals surface area contributed by atoms with Crippen LogP contribution in [0.5, 0.6) is 0 Å².